The van der Waals surface area contributed by atoms with Crippen molar-refractivity contribution in [2.45, 2.75) is 46.2 Å². The summed E-state index contributed by atoms with van der Waals surface area (Å²) in [5.41, 5.74) is 0.933. The van der Waals surface area contributed by atoms with Crippen molar-refractivity contribution < 1.29 is 4.79 Å². The van der Waals surface area contributed by atoms with Gasteiger partial charge in [-0.3, -0.25) is 4.79 Å². The molecule has 1 rings (SSSR count). The Bertz CT molecular complexity index is 497. The van der Waals surface area contributed by atoms with E-state index in [9.17, 15) is 4.79 Å². The lowest BCUT2D eigenvalue weighted by Crippen LogP contribution is -2.43. The number of carbonyl (C=O) groups is 1. The van der Waals surface area contributed by atoms with Gasteiger partial charge in [-0.2, -0.15) is 0 Å². The number of nitrogens with one attached hydrogen (secondary N) is 3. The van der Waals surface area contributed by atoms with Crippen molar-refractivity contribution >= 4 is 35.8 Å². The summed E-state index contributed by atoms with van der Waals surface area (Å²) in [6.07, 6.45) is 0. The second-order valence-corrected chi connectivity index (χ2v) is 6.27. The molecule has 0 heterocycles. The van der Waals surface area contributed by atoms with E-state index in [1.165, 1.54) is 5.56 Å². The van der Waals surface area contributed by atoms with Gasteiger partial charge in [-0.05, 0) is 40.2 Å². The Balaban J connectivity index is 0.00000484. The number of hydrogen-bond acceptors (Lipinski definition) is 2. The van der Waals surface area contributed by atoms with Gasteiger partial charge in [0.15, 0.2) is 5.96 Å². The predicted molar refractivity (Wildman–Crippen MR) is 107 cm³/mol. The van der Waals surface area contributed by atoms with Crippen LogP contribution in [0.25, 0.3) is 0 Å². The Morgan fingerprint density at radius 1 is 1.22 bits per heavy atom. The fourth-order valence-electron chi connectivity index (χ4n) is 1.96. The molecule has 1 atom stereocenters. The third-order valence-electron chi connectivity index (χ3n) is 2.89. The molecule has 1 amide bonds. The Labute approximate surface area is 156 Å². The molecule has 6 heteroatoms. The second kappa shape index (κ2) is 10.5. The topological polar surface area (TPSA) is 65.5 Å². The number of carbonyl (C=O) groups excluding carboxylic acids is 1. The zero-order chi connectivity index (χ0) is 16.6. The lowest BCUT2D eigenvalue weighted by molar-refractivity contribution is -0.121. The van der Waals surface area contributed by atoms with E-state index < -0.39 is 0 Å². The van der Waals surface area contributed by atoms with Crippen molar-refractivity contribution in [2.24, 2.45) is 4.99 Å². The molecule has 0 saturated heterocycles. The van der Waals surface area contributed by atoms with Gasteiger partial charge >= 0.3 is 0 Å². The number of rotatable bonds is 5. The number of halogens is 1. The van der Waals surface area contributed by atoms with Crippen LogP contribution in [0.3, 0.4) is 0 Å². The Hall–Kier alpha value is -1.31. The molecule has 0 aromatic heterocycles. The largest absolute Gasteiger partial charge is 0.357 e. The molecule has 5 nitrogen and oxygen atoms in total. The van der Waals surface area contributed by atoms with Gasteiger partial charge in [-0.1, -0.05) is 30.3 Å². The van der Waals surface area contributed by atoms with E-state index in [0.717, 1.165) is 6.54 Å². The highest BCUT2D eigenvalue weighted by Crippen LogP contribution is 2.10. The molecule has 1 unspecified atom stereocenters. The maximum Gasteiger partial charge on any atom is 0.242 e. The zero-order valence-corrected chi connectivity index (χ0v) is 17.0. The van der Waals surface area contributed by atoms with Crippen molar-refractivity contribution in [2.75, 3.05) is 13.1 Å². The molecule has 0 aliphatic rings. The first-order valence-electron chi connectivity index (χ1n) is 7.72. The van der Waals surface area contributed by atoms with Crippen molar-refractivity contribution in [3.05, 3.63) is 35.9 Å². The molecule has 0 aliphatic heterocycles. The van der Waals surface area contributed by atoms with E-state index in [1.807, 2.05) is 45.9 Å². The molecule has 0 saturated carbocycles. The van der Waals surface area contributed by atoms with Crippen molar-refractivity contribution in [1.82, 2.24) is 16.0 Å². The molecular formula is C17H29IN4O. The first kappa shape index (κ1) is 21.7. The summed E-state index contributed by atoms with van der Waals surface area (Å²) in [5.74, 6) is 0.556. The summed E-state index contributed by atoms with van der Waals surface area (Å²) >= 11 is 0. The molecule has 0 fully saturated rings. The maximum atomic E-state index is 11.8. The Morgan fingerprint density at radius 3 is 2.35 bits per heavy atom. The van der Waals surface area contributed by atoms with Crippen LogP contribution in [-0.4, -0.2) is 30.5 Å². The van der Waals surface area contributed by atoms with E-state index >= 15 is 0 Å². The molecule has 0 spiro atoms. The van der Waals surface area contributed by atoms with E-state index in [1.54, 1.807) is 0 Å². The molecule has 1 aromatic rings. The monoisotopic (exact) mass is 432 g/mol. The highest BCUT2D eigenvalue weighted by Gasteiger charge is 2.13. The summed E-state index contributed by atoms with van der Waals surface area (Å²) in [4.78, 5) is 16.2. The van der Waals surface area contributed by atoms with Crippen molar-refractivity contribution in [1.29, 1.82) is 0 Å². The average Bonchev–Trinajstić information content (AvgIpc) is 2.44. The average molecular weight is 432 g/mol. The van der Waals surface area contributed by atoms with Gasteiger partial charge in [0.25, 0.3) is 0 Å². The fourth-order valence-corrected chi connectivity index (χ4v) is 1.96. The molecule has 0 aliphatic carbocycles. The van der Waals surface area contributed by atoms with Crippen LogP contribution in [0.4, 0.5) is 0 Å². The van der Waals surface area contributed by atoms with Crippen LogP contribution in [-0.2, 0) is 4.79 Å². The molecular weight excluding hydrogens is 403 g/mol. The summed E-state index contributed by atoms with van der Waals surface area (Å²) in [6, 6.07) is 10.3. The number of amides is 1. The summed E-state index contributed by atoms with van der Waals surface area (Å²) in [7, 11) is 0. The molecule has 0 bridgehead atoms. The second-order valence-electron chi connectivity index (χ2n) is 6.27. The molecule has 1 aromatic carbocycles. The van der Waals surface area contributed by atoms with Gasteiger partial charge in [0.1, 0.15) is 6.54 Å². The Kier molecular flexibility index (Phi) is 9.87. The van der Waals surface area contributed by atoms with E-state index in [-0.39, 0.29) is 48.0 Å². The molecule has 130 valence electrons. The molecule has 23 heavy (non-hydrogen) atoms. The number of nitrogens with zero attached hydrogens (tertiary/aromatic N) is 1. The van der Waals surface area contributed by atoms with Crippen LogP contribution >= 0.6 is 24.0 Å². The summed E-state index contributed by atoms with van der Waals surface area (Å²) in [6.45, 7) is 10.8. The number of aliphatic imine (C=N–C) groups is 1. The van der Waals surface area contributed by atoms with Crippen LogP contribution in [0.2, 0.25) is 0 Å². The van der Waals surface area contributed by atoms with Gasteiger partial charge in [0.2, 0.25) is 5.91 Å². The number of guanidine groups is 1. The van der Waals surface area contributed by atoms with Gasteiger partial charge in [-0.15, -0.1) is 24.0 Å². The third-order valence-corrected chi connectivity index (χ3v) is 2.89. The SMILES string of the molecule is CCNC(=NCC(=O)NC(C)(C)C)NC(C)c1ccccc1.I. The van der Waals surface area contributed by atoms with Gasteiger partial charge in [0, 0.05) is 12.1 Å². The fraction of sp³-hybridized carbons (Fsp3) is 0.529. The smallest absolute Gasteiger partial charge is 0.242 e. The standard InChI is InChI=1S/C17H28N4O.HI/c1-6-18-16(19-12-15(22)21-17(3,4)5)20-13(2)14-10-8-7-9-11-14;/h7-11,13H,6,12H2,1-5H3,(H,21,22)(H2,18,19,20);1H. The predicted octanol–water partition coefficient (Wildman–Crippen LogP) is 2.84. The van der Waals surface area contributed by atoms with E-state index in [2.05, 4.69) is 40.0 Å². The normalized spacial score (nSPS) is 12.8. The Morgan fingerprint density at radius 2 is 1.83 bits per heavy atom. The van der Waals surface area contributed by atoms with Gasteiger partial charge < -0.3 is 16.0 Å². The molecule has 0 radical (unpaired) electrons. The van der Waals surface area contributed by atoms with Gasteiger partial charge in [-0.25, -0.2) is 4.99 Å². The maximum absolute atomic E-state index is 11.8. The summed E-state index contributed by atoms with van der Waals surface area (Å²) < 4.78 is 0. The van der Waals surface area contributed by atoms with Crippen LogP contribution in [0.5, 0.6) is 0 Å². The van der Waals surface area contributed by atoms with E-state index in [4.69, 9.17) is 0 Å². The first-order valence-corrected chi connectivity index (χ1v) is 7.72. The minimum Gasteiger partial charge on any atom is -0.357 e. The van der Waals surface area contributed by atoms with Crippen LogP contribution in [0, 0.1) is 0 Å². The van der Waals surface area contributed by atoms with Crippen molar-refractivity contribution in [3.8, 4) is 0 Å². The zero-order valence-electron chi connectivity index (χ0n) is 14.6. The highest BCUT2D eigenvalue weighted by atomic mass is 127. The minimum absolute atomic E-state index is 0. The quantitative estimate of drug-likeness (QED) is 0.381. The van der Waals surface area contributed by atoms with Gasteiger partial charge in [0.05, 0.1) is 6.04 Å². The third kappa shape index (κ3) is 9.43. The van der Waals surface area contributed by atoms with Crippen LogP contribution in [0.15, 0.2) is 35.3 Å². The van der Waals surface area contributed by atoms with Crippen molar-refractivity contribution in [3.63, 3.8) is 0 Å². The first-order chi connectivity index (χ1) is 10.3. The van der Waals surface area contributed by atoms with E-state index in [0.29, 0.717) is 5.96 Å². The van der Waals surface area contributed by atoms with Crippen LogP contribution in [0.1, 0.15) is 46.2 Å². The minimum atomic E-state index is -0.240. The molecule has 3 N–H and O–H groups in total. The lowest BCUT2D eigenvalue weighted by Gasteiger charge is -2.21. The number of benzene rings is 1. The van der Waals surface area contributed by atoms with Crippen LogP contribution < -0.4 is 16.0 Å². The summed E-state index contributed by atoms with van der Waals surface area (Å²) in [5, 5.41) is 9.37. The number of hydrogen-bond donors (Lipinski definition) is 3. The lowest BCUT2D eigenvalue weighted by atomic mass is 10.1. The highest BCUT2D eigenvalue weighted by molar-refractivity contribution is 14.0.